The lowest BCUT2D eigenvalue weighted by molar-refractivity contribution is 0.204. The first-order chi connectivity index (χ1) is 15.1. The van der Waals surface area contributed by atoms with Crippen molar-refractivity contribution in [3.63, 3.8) is 0 Å². The molecule has 1 aliphatic rings. The summed E-state index contributed by atoms with van der Waals surface area (Å²) < 4.78 is 15.8. The molecule has 3 aromatic heterocycles. The van der Waals surface area contributed by atoms with Crippen LogP contribution in [0.2, 0.25) is 0 Å². The topological polar surface area (TPSA) is 72.9 Å². The number of nitrogens with two attached hydrogens (primary N) is 1. The average molecular weight is 417 g/mol. The van der Waals surface area contributed by atoms with Gasteiger partial charge >= 0.3 is 0 Å². The van der Waals surface area contributed by atoms with Gasteiger partial charge in [-0.05, 0) is 55.8 Å². The second-order valence-electron chi connectivity index (χ2n) is 8.28. The number of hydrogen-bond acceptors (Lipinski definition) is 5. The Hall–Kier alpha value is -3.32. The van der Waals surface area contributed by atoms with E-state index in [0.717, 1.165) is 60.2 Å². The minimum Gasteiger partial charge on any atom is -0.368 e. The quantitative estimate of drug-likeness (QED) is 0.542. The first-order valence-electron chi connectivity index (χ1n) is 10.6. The van der Waals surface area contributed by atoms with Gasteiger partial charge in [0.05, 0.1) is 0 Å². The summed E-state index contributed by atoms with van der Waals surface area (Å²) in [6.07, 6.45) is 9.58. The van der Waals surface area contributed by atoms with Crippen LogP contribution in [0.25, 0.3) is 22.0 Å². The Morgan fingerprint density at radius 2 is 1.74 bits per heavy atom. The number of aromatic nitrogens is 4. The van der Waals surface area contributed by atoms with Gasteiger partial charge in [-0.2, -0.15) is 0 Å². The molecule has 31 heavy (non-hydrogen) atoms. The highest BCUT2D eigenvalue weighted by Gasteiger charge is 2.22. The van der Waals surface area contributed by atoms with E-state index in [-0.39, 0.29) is 11.8 Å². The number of likely N-dealkylation sites (tertiary alicyclic amines) is 1. The van der Waals surface area contributed by atoms with Gasteiger partial charge in [0.2, 0.25) is 5.95 Å². The summed E-state index contributed by atoms with van der Waals surface area (Å²) in [5, 5.41) is 1.01. The second-order valence-corrected chi connectivity index (χ2v) is 8.28. The minimum absolute atomic E-state index is 0.182. The van der Waals surface area contributed by atoms with E-state index in [1.165, 1.54) is 11.6 Å². The third-order valence-corrected chi connectivity index (χ3v) is 6.23. The predicted octanol–water partition coefficient (Wildman–Crippen LogP) is 4.13. The standard InChI is InChI=1S/C24H25FN6/c1-30-14-19(21-10-20(25)3-5-23(21)30)15-31-8-6-16(7-9-31)22-4-2-17(11-27-22)18-12-28-24(26)29-13-18/h2-5,10-14,16H,6-9,15H2,1H3,(H2,26,28,29). The number of nitrogens with zero attached hydrogens (tertiary/aromatic N) is 5. The lowest BCUT2D eigenvalue weighted by atomic mass is 9.92. The van der Waals surface area contributed by atoms with Crippen molar-refractivity contribution < 1.29 is 4.39 Å². The Labute approximate surface area is 180 Å². The molecule has 1 aliphatic heterocycles. The molecule has 0 bridgehead atoms. The highest BCUT2D eigenvalue weighted by atomic mass is 19.1. The SMILES string of the molecule is Cn1cc(CN2CCC(c3ccc(-c4cnc(N)nc4)cn3)CC2)c2cc(F)ccc21. The second kappa shape index (κ2) is 8.07. The van der Waals surface area contributed by atoms with E-state index in [2.05, 4.69) is 37.8 Å². The molecule has 158 valence electrons. The van der Waals surface area contributed by atoms with Crippen molar-refractivity contribution in [1.29, 1.82) is 0 Å². The van der Waals surface area contributed by atoms with Crippen molar-refractivity contribution in [2.45, 2.75) is 25.3 Å². The molecule has 1 saturated heterocycles. The van der Waals surface area contributed by atoms with E-state index in [0.29, 0.717) is 5.92 Å². The molecule has 1 fully saturated rings. The van der Waals surface area contributed by atoms with Gasteiger partial charge in [-0.3, -0.25) is 9.88 Å². The highest BCUT2D eigenvalue weighted by Crippen LogP contribution is 2.30. The van der Waals surface area contributed by atoms with E-state index in [1.54, 1.807) is 18.5 Å². The molecule has 6 nitrogen and oxygen atoms in total. The van der Waals surface area contributed by atoms with E-state index in [9.17, 15) is 4.39 Å². The number of hydrogen-bond donors (Lipinski definition) is 1. The molecule has 0 unspecified atom stereocenters. The fourth-order valence-corrected chi connectivity index (χ4v) is 4.50. The van der Waals surface area contributed by atoms with Gasteiger partial charge in [0.1, 0.15) is 5.82 Å². The molecular weight excluding hydrogens is 391 g/mol. The molecule has 0 aliphatic carbocycles. The molecule has 2 N–H and O–H groups in total. The summed E-state index contributed by atoms with van der Waals surface area (Å²) in [5.74, 6) is 0.547. The number of rotatable bonds is 4. The number of piperidine rings is 1. The number of fused-ring (bicyclic) bond motifs is 1. The summed E-state index contributed by atoms with van der Waals surface area (Å²) in [5.41, 5.74) is 10.9. The molecule has 0 spiro atoms. The van der Waals surface area contributed by atoms with Crippen LogP contribution in [0, 0.1) is 5.82 Å². The van der Waals surface area contributed by atoms with Gasteiger partial charge in [-0.15, -0.1) is 0 Å². The normalized spacial score (nSPS) is 15.5. The fraction of sp³-hybridized carbons (Fsp3) is 0.292. The van der Waals surface area contributed by atoms with Crippen molar-refractivity contribution in [3.05, 3.63) is 72.2 Å². The first-order valence-corrected chi connectivity index (χ1v) is 10.6. The van der Waals surface area contributed by atoms with Crippen LogP contribution in [-0.4, -0.2) is 37.5 Å². The maximum Gasteiger partial charge on any atom is 0.219 e. The molecule has 4 aromatic rings. The number of pyridine rings is 1. The molecule has 5 rings (SSSR count). The van der Waals surface area contributed by atoms with Crippen molar-refractivity contribution >= 4 is 16.9 Å². The predicted molar refractivity (Wildman–Crippen MR) is 120 cm³/mol. The minimum atomic E-state index is -0.182. The monoisotopic (exact) mass is 416 g/mol. The van der Waals surface area contributed by atoms with Gasteiger partial charge in [0, 0.05) is 72.0 Å². The maximum absolute atomic E-state index is 13.8. The van der Waals surface area contributed by atoms with E-state index in [4.69, 9.17) is 10.7 Å². The maximum atomic E-state index is 13.8. The van der Waals surface area contributed by atoms with Gasteiger partial charge in [0.25, 0.3) is 0 Å². The van der Waals surface area contributed by atoms with Crippen LogP contribution in [0.1, 0.15) is 30.0 Å². The Morgan fingerprint density at radius 3 is 2.45 bits per heavy atom. The number of benzene rings is 1. The van der Waals surface area contributed by atoms with Gasteiger partial charge in [-0.1, -0.05) is 6.07 Å². The van der Waals surface area contributed by atoms with Crippen LogP contribution < -0.4 is 5.73 Å². The summed E-state index contributed by atoms with van der Waals surface area (Å²) in [4.78, 5) is 15.3. The van der Waals surface area contributed by atoms with Crippen LogP contribution >= 0.6 is 0 Å². The smallest absolute Gasteiger partial charge is 0.219 e. The van der Waals surface area contributed by atoms with Crippen LogP contribution in [0.4, 0.5) is 10.3 Å². The van der Waals surface area contributed by atoms with E-state index in [1.807, 2.05) is 19.3 Å². The number of halogens is 1. The largest absolute Gasteiger partial charge is 0.368 e. The highest BCUT2D eigenvalue weighted by molar-refractivity contribution is 5.84. The Bertz CT molecular complexity index is 1190. The Balaban J connectivity index is 1.24. The van der Waals surface area contributed by atoms with Gasteiger partial charge in [0.15, 0.2) is 0 Å². The van der Waals surface area contributed by atoms with Gasteiger partial charge in [-0.25, -0.2) is 14.4 Å². The van der Waals surface area contributed by atoms with Crippen LogP contribution in [0.3, 0.4) is 0 Å². The lowest BCUT2D eigenvalue weighted by Gasteiger charge is -2.31. The molecule has 0 amide bonds. The van der Waals surface area contributed by atoms with Crippen molar-refractivity contribution in [1.82, 2.24) is 24.4 Å². The van der Waals surface area contributed by atoms with Gasteiger partial charge < -0.3 is 10.3 Å². The number of aryl methyl sites for hydroxylation is 1. The molecular formula is C24H25FN6. The van der Waals surface area contributed by atoms with Crippen molar-refractivity contribution in [2.24, 2.45) is 7.05 Å². The molecule has 4 heterocycles. The zero-order chi connectivity index (χ0) is 21.4. The molecule has 1 aromatic carbocycles. The van der Waals surface area contributed by atoms with Crippen LogP contribution in [0.5, 0.6) is 0 Å². The first kappa shape index (κ1) is 19.6. The lowest BCUT2D eigenvalue weighted by Crippen LogP contribution is -2.32. The molecule has 7 heteroatoms. The summed E-state index contributed by atoms with van der Waals surface area (Å²) >= 11 is 0. The Morgan fingerprint density at radius 1 is 1.00 bits per heavy atom. The van der Waals surface area contributed by atoms with Crippen molar-refractivity contribution in [3.8, 4) is 11.1 Å². The number of anilines is 1. The molecule has 0 atom stereocenters. The number of nitrogen functional groups attached to an aromatic ring is 1. The van der Waals surface area contributed by atoms with E-state index >= 15 is 0 Å². The molecule has 0 saturated carbocycles. The van der Waals surface area contributed by atoms with Crippen LogP contribution in [-0.2, 0) is 13.6 Å². The zero-order valence-corrected chi connectivity index (χ0v) is 17.5. The zero-order valence-electron chi connectivity index (χ0n) is 17.5. The average Bonchev–Trinajstić information content (AvgIpc) is 3.09. The Kier molecular flexibility index (Phi) is 5.11. The van der Waals surface area contributed by atoms with Crippen LogP contribution in [0.15, 0.2) is 55.1 Å². The summed E-state index contributed by atoms with van der Waals surface area (Å²) in [7, 11) is 2.02. The third kappa shape index (κ3) is 4.01. The third-order valence-electron chi connectivity index (χ3n) is 6.23. The van der Waals surface area contributed by atoms with E-state index < -0.39 is 0 Å². The summed E-state index contributed by atoms with van der Waals surface area (Å²) in [6, 6.07) is 9.21. The molecule has 0 radical (unpaired) electrons. The summed E-state index contributed by atoms with van der Waals surface area (Å²) in [6.45, 7) is 2.86. The van der Waals surface area contributed by atoms with Crippen molar-refractivity contribution in [2.75, 3.05) is 18.8 Å². The fourth-order valence-electron chi connectivity index (χ4n) is 4.50.